The molecule has 1 N–H and O–H groups in total. The molecule has 3 nitrogen and oxygen atoms in total. The molecule has 1 aliphatic carbocycles. The highest BCUT2D eigenvalue weighted by atomic mass is 16.3. The minimum Gasteiger partial charge on any atom is -0.369 e. The van der Waals surface area contributed by atoms with E-state index in [1.165, 1.54) is 0 Å². The van der Waals surface area contributed by atoms with Gasteiger partial charge >= 0.3 is 0 Å². The van der Waals surface area contributed by atoms with E-state index in [-0.39, 0.29) is 5.91 Å². The van der Waals surface area contributed by atoms with Crippen molar-refractivity contribution in [3.8, 4) is 0 Å². The van der Waals surface area contributed by atoms with Crippen LogP contribution in [0.1, 0.15) is 31.2 Å². The summed E-state index contributed by atoms with van der Waals surface area (Å²) >= 11 is 0. The SMILES string of the molecule is O=C1C2=C(CCCC2)C(O)N1Cc1ccccc1. The van der Waals surface area contributed by atoms with Crippen molar-refractivity contribution >= 4 is 5.91 Å². The number of hydrogen-bond acceptors (Lipinski definition) is 2. The molecule has 3 rings (SSSR count). The van der Waals surface area contributed by atoms with Crippen LogP contribution in [0.25, 0.3) is 0 Å². The third-order valence-corrected chi connectivity index (χ3v) is 3.83. The van der Waals surface area contributed by atoms with Gasteiger partial charge in [-0.05, 0) is 36.8 Å². The monoisotopic (exact) mass is 243 g/mol. The number of carbonyl (C=O) groups excluding carboxylic acids is 1. The molecule has 0 aromatic heterocycles. The summed E-state index contributed by atoms with van der Waals surface area (Å²) in [7, 11) is 0. The maximum absolute atomic E-state index is 12.3. The lowest BCUT2D eigenvalue weighted by molar-refractivity contribution is -0.132. The third-order valence-electron chi connectivity index (χ3n) is 3.83. The van der Waals surface area contributed by atoms with Crippen molar-refractivity contribution < 1.29 is 9.90 Å². The van der Waals surface area contributed by atoms with Gasteiger partial charge < -0.3 is 10.0 Å². The molecule has 0 radical (unpaired) electrons. The van der Waals surface area contributed by atoms with Gasteiger partial charge in [0.15, 0.2) is 6.23 Å². The maximum atomic E-state index is 12.3. The van der Waals surface area contributed by atoms with Gasteiger partial charge in [0.05, 0.1) is 0 Å². The second-order valence-corrected chi connectivity index (χ2v) is 5.00. The quantitative estimate of drug-likeness (QED) is 0.865. The third kappa shape index (κ3) is 1.85. The highest BCUT2D eigenvalue weighted by Crippen LogP contribution is 2.35. The number of nitrogens with zero attached hydrogens (tertiary/aromatic N) is 1. The zero-order valence-electron chi connectivity index (χ0n) is 10.3. The Bertz CT molecular complexity index is 492. The fourth-order valence-corrected chi connectivity index (χ4v) is 2.87. The number of rotatable bonds is 2. The fourth-order valence-electron chi connectivity index (χ4n) is 2.87. The molecule has 94 valence electrons. The van der Waals surface area contributed by atoms with E-state index in [9.17, 15) is 9.90 Å². The van der Waals surface area contributed by atoms with Gasteiger partial charge in [0.25, 0.3) is 5.91 Å². The molecular formula is C15H17NO2. The Morgan fingerprint density at radius 1 is 1.17 bits per heavy atom. The van der Waals surface area contributed by atoms with Crippen molar-refractivity contribution in [2.75, 3.05) is 0 Å². The second kappa shape index (κ2) is 4.58. The summed E-state index contributed by atoms with van der Waals surface area (Å²) < 4.78 is 0. The Morgan fingerprint density at radius 2 is 1.89 bits per heavy atom. The van der Waals surface area contributed by atoms with E-state index < -0.39 is 6.23 Å². The lowest BCUT2D eigenvalue weighted by Crippen LogP contribution is -2.34. The van der Waals surface area contributed by atoms with Crippen LogP contribution in [0.3, 0.4) is 0 Å². The molecule has 0 spiro atoms. The summed E-state index contributed by atoms with van der Waals surface area (Å²) in [5.41, 5.74) is 2.89. The smallest absolute Gasteiger partial charge is 0.252 e. The second-order valence-electron chi connectivity index (χ2n) is 5.00. The predicted octanol–water partition coefficient (Wildman–Crippen LogP) is 2.22. The summed E-state index contributed by atoms with van der Waals surface area (Å²) in [6.07, 6.45) is 3.15. The average molecular weight is 243 g/mol. The Morgan fingerprint density at radius 3 is 2.61 bits per heavy atom. The fraction of sp³-hybridized carbons (Fsp3) is 0.400. The molecular weight excluding hydrogens is 226 g/mol. The first kappa shape index (κ1) is 11.5. The standard InChI is InChI=1S/C15H17NO2/c17-14-12-8-4-5-9-13(12)15(18)16(14)10-11-6-2-1-3-7-11/h1-3,6-7,14,17H,4-5,8-10H2. The first-order valence-electron chi connectivity index (χ1n) is 6.52. The van der Waals surface area contributed by atoms with Gasteiger partial charge in [-0.2, -0.15) is 0 Å². The summed E-state index contributed by atoms with van der Waals surface area (Å²) in [5.74, 6) is 0.0288. The van der Waals surface area contributed by atoms with E-state index >= 15 is 0 Å². The van der Waals surface area contributed by atoms with Gasteiger partial charge in [-0.1, -0.05) is 30.3 Å². The first-order valence-corrected chi connectivity index (χ1v) is 6.52. The highest BCUT2D eigenvalue weighted by molar-refractivity contribution is 5.97. The lowest BCUT2D eigenvalue weighted by atomic mass is 9.93. The van der Waals surface area contributed by atoms with E-state index in [0.717, 1.165) is 42.4 Å². The summed E-state index contributed by atoms with van der Waals surface area (Å²) in [4.78, 5) is 13.9. The van der Waals surface area contributed by atoms with Crippen LogP contribution in [0.4, 0.5) is 0 Å². The van der Waals surface area contributed by atoms with E-state index in [2.05, 4.69) is 0 Å². The van der Waals surface area contributed by atoms with Crippen LogP contribution in [-0.4, -0.2) is 22.1 Å². The first-order chi connectivity index (χ1) is 8.77. The number of aliphatic hydroxyl groups excluding tert-OH is 1. The zero-order chi connectivity index (χ0) is 12.5. The van der Waals surface area contributed by atoms with Crippen LogP contribution >= 0.6 is 0 Å². The van der Waals surface area contributed by atoms with Crippen LogP contribution in [-0.2, 0) is 11.3 Å². The molecule has 1 amide bonds. The lowest BCUT2D eigenvalue weighted by Gasteiger charge is -2.22. The van der Waals surface area contributed by atoms with E-state index in [1.807, 2.05) is 30.3 Å². The normalized spacial score (nSPS) is 23.5. The molecule has 1 atom stereocenters. The van der Waals surface area contributed by atoms with E-state index in [0.29, 0.717) is 6.54 Å². The van der Waals surface area contributed by atoms with Crippen LogP contribution in [0, 0.1) is 0 Å². The molecule has 18 heavy (non-hydrogen) atoms. The molecule has 1 aromatic rings. The molecule has 0 saturated heterocycles. The topological polar surface area (TPSA) is 40.5 Å². The van der Waals surface area contributed by atoms with Crippen LogP contribution in [0.5, 0.6) is 0 Å². The predicted molar refractivity (Wildman–Crippen MR) is 68.5 cm³/mol. The van der Waals surface area contributed by atoms with Crippen molar-refractivity contribution in [3.63, 3.8) is 0 Å². The highest BCUT2D eigenvalue weighted by Gasteiger charge is 2.38. The molecule has 3 heteroatoms. The molecule has 0 saturated carbocycles. The number of benzene rings is 1. The zero-order valence-corrected chi connectivity index (χ0v) is 10.3. The molecule has 0 fully saturated rings. The number of carbonyl (C=O) groups is 1. The van der Waals surface area contributed by atoms with Crippen molar-refractivity contribution in [2.45, 2.75) is 38.5 Å². The average Bonchev–Trinajstić information content (AvgIpc) is 2.66. The molecule has 1 aromatic carbocycles. The number of amides is 1. The van der Waals surface area contributed by atoms with Gasteiger partial charge in [0, 0.05) is 12.1 Å². The number of aliphatic hydroxyl groups is 1. The van der Waals surface area contributed by atoms with E-state index in [4.69, 9.17) is 0 Å². The van der Waals surface area contributed by atoms with Crippen molar-refractivity contribution in [1.29, 1.82) is 0 Å². The van der Waals surface area contributed by atoms with Crippen molar-refractivity contribution in [1.82, 2.24) is 4.90 Å². The molecule has 0 bridgehead atoms. The van der Waals surface area contributed by atoms with Crippen LogP contribution in [0.15, 0.2) is 41.5 Å². The number of hydrogen-bond donors (Lipinski definition) is 1. The van der Waals surface area contributed by atoms with Gasteiger partial charge in [-0.25, -0.2) is 0 Å². The van der Waals surface area contributed by atoms with Gasteiger partial charge in [-0.15, -0.1) is 0 Å². The van der Waals surface area contributed by atoms with Crippen LogP contribution < -0.4 is 0 Å². The molecule has 1 heterocycles. The summed E-state index contributed by atoms with van der Waals surface area (Å²) in [6, 6.07) is 9.83. The Labute approximate surface area is 107 Å². The molecule has 1 aliphatic heterocycles. The largest absolute Gasteiger partial charge is 0.369 e. The maximum Gasteiger partial charge on any atom is 0.252 e. The Kier molecular flexibility index (Phi) is 2.92. The molecule has 1 unspecified atom stereocenters. The van der Waals surface area contributed by atoms with Crippen molar-refractivity contribution in [2.24, 2.45) is 0 Å². The van der Waals surface area contributed by atoms with Crippen LogP contribution in [0.2, 0.25) is 0 Å². The van der Waals surface area contributed by atoms with Gasteiger partial charge in [-0.3, -0.25) is 4.79 Å². The Hall–Kier alpha value is -1.61. The summed E-state index contributed by atoms with van der Waals surface area (Å²) in [6.45, 7) is 0.494. The van der Waals surface area contributed by atoms with Gasteiger partial charge in [0.1, 0.15) is 0 Å². The summed E-state index contributed by atoms with van der Waals surface area (Å²) in [5, 5.41) is 10.3. The minimum absolute atomic E-state index is 0.0288. The van der Waals surface area contributed by atoms with E-state index in [1.54, 1.807) is 4.90 Å². The Balaban J connectivity index is 1.82. The minimum atomic E-state index is -0.701. The van der Waals surface area contributed by atoms with Crippen molar-refractivity contribution in [3.05, 3.63) is 47.0 Å². The molecule has 2 aliphatic rings. The van der Waals surface area contributed by atoms with Gasteiger partial charge in [0.2, 0.25) is 0 Å².